The van der Waals surface area contributed by atoms with Crippen LogP contribution in [-0.2, 0) is 0 Å². The first-order valence-electron chi connectivity index (χ1n) is 5.19. The fourth-order valence-electron chi connectivity index (χ4n) is 1.40. The fraction of sp³-hybridized carbons (Fsp3) is 0.545. The molecular formula is C11H18BrN3S. The normalized spacial score (nSPS) is 12.5. The lowest BCUT2D eigenvalue weighted by molar-refractivity contribution is 0.661. The van der Waals surface area contributed by atoms with Crippen molar-refractivity contribution in [3.05, 3.63) is 16.7 Å². The van der Waals surface area contributed by atoms with Crippen LogP contribution in [0.2, 0.25) is 0 Å². The number of hydrogen-bond donors (Lipinski definition) is 1. The van der Waals surface area contributed by atoms with Crippen molar-refractivity contribution in [1.82, 2.24) is 4.98 Å². The average Bonchev–Trinajstić information content (AvgIpc) is 2.25. The standard InChI is InChI=1S/C11H18BrN3S/c1-8(4-5-16-3)15(2)11-10(12)6-9(13)7-14-11/h6-8H,4-5,13H2,1-3H3. The van der Waals surface area contributed by atoms with Gasteiger partial charge in [0.1, 0.15) is 5.82 Å². The molecule has 1 unspecified atom stereocenters. The predicted octanol–water partition coefficient (Wildman–Crippen LogP) is 3.00. The first-order chi connectivity index (χ1) is 7.56. The largest absolute Gasteiger partial charge is 0.397 e. The number of nitrogen functional groups attached to an aromatic ring is 1. The zero-order valence-electron chi connectivity index (χ0n) is 9.90. The Morgan fingerprint density at radius 1 is 1.62 bits per heavy atom. The summed E-state index contributed by atoms with van der Waals surface area (Å²) in [5.74, 6) is 2.11. The molecule has 2 N–H and O–H groups in total. The van der Waals surface area contributed by atoms with Crippen molar-refractivity contribution in [2.24, 2.45) is 0 Å². The summed E-state index contributed by atoms with van der Waals surface area (Å²) in [7, 11) is 2.06. The Morgan fingerprint density at radius 3 is 2.88 bits per heavy atom. The summed E-state index contributed by atoms with van der Waals surface area (Å²) in [6.45, 7) is 2.21. The summed E-state index contributed by atoms with van der Waals surface area (Å²) in [5, 5.41) is 0. The third-order valence-electron chi connectivity index (χ3n) is 2.58. The number of pyridine rings is 1. The lowest BCUT2D eigenvalue weighted by atomic mass is 10.2. The van der Waals surface area contributed by atoms with E-state index in [1.807, 2.05) is 17.8 Å². The summed E-state index contributed by atoms with van der Waals surface area (Å²) in [6, 6.07) is 2.36. The molecule has 3 nitrogen and oxygen atoms in total. The molecule has 1 aromatic heterocycles. The minimum absolute atomic E-state index is 0.472. The maximum atomic E-state index is 5.67. The molecule has 0 fully saturated rings. The van der Waals surface area contributed by atoms with Crippen LogP contribution in [0.25, 0.3) is 0 Å². The average molecular weight is 304 g/mol. The molecule has 0 aliphatic carbocycles. The van der Waals surface area contributed by atoms with Gasteiger partial charge in [0.05, 0.1) is 16.4 Å². The number of nitrogens with zero attached hydrogens (tertiary/aromatic N) is 2. The van der Waals surface area contributed by atoms with Crippen molar-refractivity contribution in [2.75, 3.05) is 29.7 Å². The maximum absolute atomic E-state index is 5.67. The van der Waals surface area contributed by atoms with Crippen molar-refractivity contribution < 1.29 is 0 Å². The highest BCUT2D eigenvalue weighted by molar-refractivity contribution is 9.10. The summed E-state index contributed by atoms with van der Waals surface area (Å²) in [6.07, 6.45) is 4.97. The molecule has 1 heterocycles. The topological polar surface area (TPSA) is 42.2 Å². The molecule has 0 aliphatic heterocycles. The second-order valence-electron chi connectivity index (χ2n) is 3.82. The third kappa shape index (κ3) is 3.56. The summed E-state index contributed by atoms with van der Waals surface area (Å²) in [5.41, 5.74) is 6.35. The van der Waals surface area contributed by atoms with Crippen molar-refractivity contribution >= 4 is 39.2 Å². The first-order valence-corrected chi connectivity index (χ1v) is 7.37. The maximum Gasteiger partial charge on any atom is 0.143 e. The van der Waals surface area contributed by atoms with Gasteiger partial charge in [-0.15, -0.1) is 0 Å². The molecule has 0 radical (unpaired) electrons. The van der Waals surface area contributed by atoms with Gasteiger partial charge in [-0.25, -0.2) is 4.98 Å². The Balaban J connectivity index is 2.75. The van der Waals surface area contributed by atoms with E-state index in [1.54, 1.807) is 6.20 Å². The summed E-state index contributed by atoms with van der Waals surface area (Å²) >= 11 is 5.37. The SMILES string of the molecule is CSCCC(C)N(C)c1ncc(N)cc1Br. The van der Waals surface area contributed by atoms with E-state index in [-0.39, 0.29) is 0 Å². The molecule has 0 saturated heterocycles. The molecule has 1 rings (SSSR count). The molecule has 0 amide bonds. The van der Waals surface area contributed by atoms with Gasteiger partial charge >= 0.3 is 0 Å². The number of aromatic nitrogens is 1. The van der Waals surface area contributed by atoms with Gasteiger partial charge in [0, 0.05) is 13.1 Å². The molecule has 1 atom stereocenters. The van der Waals surface area contributed by atoms with E-state index >= 15 is 0 Å². The van der Waals surface area contributed by atoms with E-state index in [0.717, 1.165) is 22.5 Å². The molecule has 0 aromatic carbocycles. The van der Waals surface area contributed by atoms with Gasteiger partial charge in [-0.05, 0) is 47.3 Å². The van der Waals surface area contributed by atoms with Crippen molar-refractivity contribution in [2.45, 2.75) is 19.4 Å². The van der Waals surface area contributed by atoms with Crippen LogP contribution in [0.15, 0.2) is 16.7 Å². The van der Waals surface area contributed by atoms with E-state index in [4.69, 9.17) is 5.73 Å². The quantitative estimate of drug-likeness (QED) is 0.908. The van der Waals surface area contributed by atoms with Gasteiger partial charge in [0.2, 0.25) is 0 Å². The lowest BCUT2D eigenvalue weighted by Gasteiger charge is -2.26. The van der Waals surface area contributed by atoms with Crippen molar-refractivity contribution in [1.29, 1.82) is 0 Å². The second-order valence-corrected chi connectivity index (χ2v) is 5.66. The number of anilines is 2. The number of halogens is 1. The van der Waals surface area contributed by atoms with E-state index in [2.05, 4.69) is 46.0 Å². The minimum atomic E-state index is 0.472. The number of nitrogens with two attached hydrogens (primary N) is 1. The van der Waals surface area contributed by atoms with E-state index in [9.17, 15) is 0 Å². The molecule has 0 bridgehead atoms. The van der Waals surface area contributed by atoms with Gasteiger partial charge in [-0.3, -0.25) is 0 Å². The van der Waals surface area contributed by atoms with Crippen LogP contribution >= 0.6 is 27.7 Å². The minimum Gasteiger partial charge on any atom is -0.397 e. The van der Waals surface area contributed by atoms with Gasteiger partial charge in [-0.2, -0.15) is 11.8 Å². The van der Waals surface area contributed by atoms with Crippen molar-refractivity contribution in [3.63, 3.8) is 0 Å². The Morgan fingerprint density at radius 2 is 2.31 bits per heavy atom. The fourth-order valence-corrected chi connectivity index (χ4v) is 2.62. The molecule has 0 aliphatic rings. The molecule has 16 heavy (non-hydrogen) atoms. The first kappa shape index (κ1) is 13.6. The molecular weight excluding hydrogens is 286 g/mol. The van der Waals surface area contributed by atoms with Gasteiger partial charge in [-0.1, -0.05) is 0 Å². The van der Waals surface area contributed by atoms with Crippen LogP contribution in [0.1, 0.15) is 13.3 Å². The highest BCUT2D eigenvalue weighted by atomic mass is 79.9. The zero-order valence-corrected chi connectivity index (χ0v) is 12.3. The van der Waals surface area contributed by atoms with Crippen LogP contribution in [0.5, 0.6) is 0 Å². The molecule has 0 spiro atoms. The molecule has 5 heteroatoms. The van der Waals surface area contributed by atoms with E-state index in [0.29, 0.717) is 11.7 Å². The Kier molecular flexibility index (Phi) is 5.41. The van der Waals surface area contributed by atoms with E-state index < -0.39 is 0 Å². The third-order valence-corrected chi connectivity index (χ3v) is 3.81. The summed E-state index contributed by atoms with van der Waals surface area (Å²) < 4.78 is 0.950. The smallest absolute Gasteiger partial charge is 0.143 e. The summed E-state index contributed by atoms with van der Waals surface area (Å²) in [4.78, 5) is 6.53. The van der Waals surface area contributed by atoms with Gasteiger partial charge < -0.3 is 10.6 Å². The number of hydrogen-bond acceptors (Lipinski definition) is 4. The highest BCUT2D eigenvalue weighted by Gasteiger charge is 2.13. The Bertz CT molecular complexity index is 346. The second kappa shape index (κ2) is 6.35. The van der Waals surface area contributed by atoms with Crippen LogP contribution in [0.4, 0.5) is 11.5 Å². The zero-order chi connectivity index (χ0) is 12.1. The molecule has 90 valence electrons. The van der Waals surface area contributed by atoms with Gasteiger partial charge in [0.25, 0.3) is 0 Å². The monoisotopic (exact) mass is 303 g/mol. The lowest BCUT2D eigenvalue weighted by Crippen LogP contribution is -2.30. The molecule has 0 saturated carbocycles. The van der Waals surface area contributed by atoms with E-state index in [1.165, 1.54) is 0 Å². The Hall–Kier alpha value is -0.420. The number of thioether (sulfide) groups is 1. The predicted molar refractivity (Wildman–Crippen MR) is 77.2 cm³/mol. The van der Waals surface area contributed by atoms with Gasteiger partial charge in [0.15, 0.2) is 0 Å². The highest BCUT2D eigenvalue weighted by Crippen LogP contribution is 2.26. The van der Waals surface area contributed by atoms with Crippen LogP contribution in [-0.4, -0.2) is 30.1 Å². The Labute approximate surface area is 110 Å². The van der Waals surface area contributed by atoms with Crippen molar-refractivity contribution in [3.8, 4) is 0 Å². The van der Waals surface area contributed by atoms with Crippen LogP contribution in [0, 0.1) is 0 Å². The number of rotatable bonds is 5. The molecule has 1 aromatic rings. The van der Waals surface area contributed by atoms with Crippen LogP contribution < -0.4 is 10.6 Å². The van der Waals surface area contributed by atoms with Crippen LogP contribution in [0.3, 0.4) is 0 Å².